The van der Waals surface area contributed by atoms with Crippen molar-refractivity contribution in [1.82, 2.24) is 10.2 Å². The number of amides is 1. The van der Waals surface area contributed by atoms with E-state index in [1.807, 2.05) is 13.8 Å². The van der Waals surface area contributed by atoms with Crippen molar-refractivity contribution in [3.8, 4) is 17.2 Å². The predicted molar refractivity (Wildman–Crippen MR) is 137 cm³/mol. The molecule has 0 aliphatic carbocycles. The van der Waals surface area contributed by atoms with Crippen molar-refractivity contribution in [1.29, 1.82) is 0 Å². The summed E-state index contributed by atoms with van der Waals surface area (Å²) in [7, 11) is -1.29. The van der Waals surface area contributed by atoms with Gasteiger partial charge in [0.1, 0.15) is 12.3 Å². The van der Waals surface area contributed by atoms with Crippen LogP contribution in [0.2, 0.25) is 0 Å². The molecule has 1 amide bonds. The van der Waals surface area contributed by atoms with Crippen LogP contribution in [0.15, 0.2) is 51.7 Å². The zero-order valence-corrected chi connectivity index (χ0v) is 22.1. The molecule has 13 heteroatoms. The third-order valence-electron chi connectivity index (χ3n) is 4.59. The molecule has 0 bridgehead atoms. The first-order valence-electron chi connectivity index (χ1n) is 10.6. The minimum Gasteiger partial charge on any atom is -0.494 e. The molecule has 0 radical (unpaired) electrons. The molecule has 0 saturated carbocycles. The minimum absolute atomic E-state index is 0.0608. The highest BCUT2D eigenvalue weighted by atomic mass is 32.2. The maximum atomic E-state index is 13.7. The van der Waals surface area contributed by atoms with Gasteiger partial charge < -0.3 is 14.2 Å². The number of hydrogen-bond donors (Lipinski definition) is 1. The summed E-state index contributed by atoms with van der Waals surface area (Å²) in [6.07, 6.45) is 0. The number of benzene rings is 2. The Morgan fingerprint density at radius 2 is 1.77 bits per heavy atom. The molecule has 0 aliphatic heterocycles. The van der Waals surface area contributed by atoms with Crippen LogP contribution in [0.1, 0.15) is 13.8 Å². The summed E-state index contributed by atoms with van der Waals surface area (Å²) in [5.41, 5.74) is 0.290. The molecular formula is C22H26N4O6S3. The topological polar surface area (TPSA) is 120 Å². The molecule has 0 fully saturated rings. The number of aromatic nitrogens is 2. The molecule has 2 aromatic carbocycles. The van der Waals surface area contributed by atoms with E-state index < -0.39 is 22.5 Å². The summed E-state index contributed by atoms with van der Waals surface area (Å²) in [5, 5.41) is 10.9. The van der Waals surface area contributed by atoms with Crippen LogP contribution in [0.25, 0.3) is 0 Å². The summed E-state index contributed by atoms with van der Waals surface area (Å²) < 4.78 is 45.0. The normalized spacial score (nSPS) is 11.1. The highest BCUT2D eigenvalue weighted by Gasteiger charge is 2.29. The standard InChI is InChI=1S/C22H26N4O6S3/c1-5-32-16-9-7-15(8-10-16)26(14-20(27)23-21-24-25-22(34-21)33-6-2)35(28,29)17-11-12-18(30-3)19(13-17)31-4/h7-13H,5-6,14H2,1-4H3,(H,23,24,27). The van der Waals surface area contributed by atoms with Crippen LogP contribution in [-0.2, 0) is 14.8 Å². The number of nitrogens with zero attached hydrogens (tertiary/aromatic N) is 3. The zero-order valence-electron chi connectivity index (χ0n) is 19.7. The number of rotatable bonds is 12. The van der Waals surface area contributed by atoms with Gasteiger partial charge in [-0.3, -0.25) is 14.4 Å². The van der Waals surface area contributed by atoms with Crippen LogP contribution in [0.4, 0.5) is 10.8 Å². The summed E-state index contributed by atoms with van der Waals surface area (Å²) in [4.78, 5) is 12.8. The Kier molecular flexibility index (Phi) is 9.18. The Hall–Kier alpha value is -3.03. The fraction of sp³-hybridized carbons (Fsp3) is 0.318. The third kappa shape index (κ3) is 6.55. The summed E-state index contributed by atoms with van der Waals surface area (Å²) in [6, 6.07) is 10.7. The molecular weight excluding hydrogens is 512 g/mol. The highest BCUT2D eigenvalue weighted by molar-refractivity contribution is 8.01. The second-order valence-corrected chi connectivity index (χ2v) is 11.2. The van der Waals surface area contributed by atoms with Crippen molar-refractivity contribution < 1.29 is 27.4 Å². The lowest BCUT2D eigenvalue weighted by molar-refractivity contribution is -0.114. The van der Waals surface area contributed by atoms with Crippen LogP contribution in [0, 0.1) is 0 Å². The summed E-state index contributed by atoms with van der Waals surface area (Å²) >= 11 is 2.72. The van der Waals surface area contributed by atoms with Crippen molar-refractivity contribution >= 4 is 49.8 Å². The first-order chi connectivity index (χ1) is 16.8. The van der Waals surface area contributed by atoms with Gasteiger partial charge in [0.05, 0.1) is 31.4 Å². The number of thioether (sulfide) groups is 1. The molecule has 0 saturated heterocycles. The lowest BCUT2D eigenvalue weighted by Crippen LogP contribution is -2.38. The fourth-order valence-corrected chi connectivity index (χ4v) is 6.13. The lowest BCUT2D eigenvalue weighted by Gasteiger charge is -2.24. The molecule has 1 N–H and O–H groups in total. The third-order valence-corrected chi connectivity index (χ3v) is 8.21. The minimum atomic E-state index is -4.17. The van der Waals surface area contributed by atoms with E-state index >= 15 is 0 Å². The second kappa shape index (κ2) is 12.1. The quantitative estimate of drug-likeness (QED) is 0.270. The Morgan fingerprint density at radius 3 is 2.40 bits per heavy atom. The summed E-state index contributed by atoms with van der Waals surface area (Å²) in [5.74, 6) is 1.47. The fourth-order valence-electron chi connectivity index (χ4n) is 3.03. The van der Waals surface area contributed by atoms with Crippen molar-refractivity contribution in [2.24, 2.45) is 0 Å². The molecule has 0 atom stereocenters. The highest BCUT2D eigenvalue weighted by Crippen LogP contribution is 2.33. The number of hydrogen-bond acceptors (Lipinski definition) is 10. The number of carbonyl (C=O) groups excluding carboxylic acids is 1. The van der Waals surface area contributed by atoms with E-state index in [1.54, 1.807) is 24.3 Å². The van der Waals surface area contributed by atoms with E-state index in [0.717, 1.165) is 10.1 Å². The lowest BCUT2D eigenvalue weighted by atomic mass is 10.3. The zero-order chi connectivity index (χ0) is 25.4. The molecule has 0 unspecified atom stereocenters. The number of ether oxygens (including phenoxy) is 3. The van der Waals surface area contributed by atoms with Crippen molar-refractivity contribution in [2.45, 2.75) is 23.1 Å². The van der Waals surface area contributed by atoms with Crippen molar-refractivity contribution in [3.05, 3.63) is 42.5 Å². The largest absolute Gasteiger partial charge is 0.494 e. The van der Waals surface area contributed by atoms with Crippen LogP contribution >= 0.6 is 23.1 Å². The van der Waals surface area contributed by atoms with Crippen LogP contribution < -0.4 is 23.8 Å². The van der Waals surface area contributed by atoms with E-state index in [4.69, 9.17) is 14.2 Å². The Balaban J connectivity index is 1.94. The average Bonchev–Trinajstić information content (AvgIpc) is 3.29. The average molecular weight is 539 g/mol. The van der Waals surface area contributed by atoms with Gasteiger partial charge in [-0.25, -0.2) is 8.42 Å². The SMILES string of the molecule is CCOc1ccc(N(CC(=O)Nc2nnc(SCC)s2)S(=O)(=O)c2ccc(OC)c(OC)c2)cc1. The van der Waals surface area contributed by atoms with E-state index in [9.17, 15) is 13.2 Å². The van der Waals surface area contributed by atoms with Gasteiger partial charge in [0.2, 0.25) is 11.0 Å². The Labute approximate surface area is 212 Å². The maximum Gasteiger partial charge on any atom is 0.264 e. The molecule has 0 aliphatic rings. The maximum absolute atomic E-state index is 13.7. The van der Waals surface area contributed by atoms with Gasteiger partial charge in [-0.05, 0) is 49.1 Å². The molecule has 3 aromatic rings. The molecule has 188 valence electrons. The number of carbonyl (C=O) groups is 1. The number of anilines is 2. The number of methoxy groups -OCH3 is 2. The van der Waals surface area contributed by atoms with E-state index in [2.05, 4.69) is 15.5 Å². The van der Waals surface area contributed by atoms with Gasteiger partial charge in [-0.15, -0.1) is 10.2 Å². The first-order valence-corrected chi connectivity index (χ1v) is 13.8. The Bertz CT molecular complexity index is 1250. The van der Waals surface area contributed by atoms with Gasteiger partial charge >= 0.3 is 0 Å². The second-order valence-electron chi connectivity index (χ2n) is 6.81. The van der Waals surface area contributed by atoms with Gasteiger partial charge in [0.15, 0.2) is 15.8 Å². The molecule has 1 aromatic heterocycles. The van der Waals surface area contributed by atoms with E-state index in [0.29, 0.717) is 27.6 Å². The smallest absolute Gasteiger partial charge is 0.264 e. The van der Waals surface area contributed by atoms with Crippen molar-refractivity contribution in [3.63, 3.8) is 0 Å². The number of sulfonamides is 1. The van der Waals surface area contributed by atoms with Crippen LogP contribution in [0.3, 0.4) is 0 Å². The van der Waals surface area contributed by atoms with Gasteiger partial charge in [-0.2, -0.15) is 0 Å². The molecule has 3 rings (SSSR count). The van der Waals surface area contributed by atoms with Crippen molar-refractivity contribution in [2.75, 3.05) is 42.7 Å². The first kappa shape index (κ1) is 26.6. The molecule has 35 heavy (non-hydrogen) atoms. The molecule has 0 spiro atoms. The van der Waals surface area contributed by atoms with Gasteiger partial charge in [-0.1, -0.05) is 30.0 Å². The van der Waals surface area contributed by atoms with E-state index in [1.165, 1.54) is 55.5 Å². The number of nitrogens with one attached hydrogen (secondary N) is 1. The summed E-state index contributed by atoms with van der Waals surface area (Å²) in [6.45, 7) is 3.82. The Morgan fingerprint density at radius 1 is 1.06 bits per heavy atom. The van der Waals surface area contributed by atoms with Crippen LogP contribution in [-0.4, -0.2) is 57.6 Å². The van der Waals surface area contributed by atoms with E-state index in [-0.39, 0.29) is 16.3 Å². The monoisotopic (exact) mass is 538 g/mol. The van der Waals surface area contributed by atoms with Gasteiger partial charge in [0, 0.05) is 6.07 Å². The van der Waals surface area contributed by atoms with Gasteiger partial charge in [0.25, 0.3) is 10.0 Å². The molecule has 10 nitrogen and oxygen atoms in total. The molecule has 1 heterocycles. The van der Waals surface area contributed by atoms with Crippen LogP contribution in [0.5, 0.6) is 17.2 Å². The predicted octanol–water partition coefficient (Wildman–Crippen LogP) is 3.90.